The lowest BCUT2D eigenvalue weighted by atomic mass is 10.1. The number of rotatable bonds is 6. The van der Waals surface area contributed by atoms with Crippen LogP contribution in [0.4, 0.5) is 0 Å². The van der Waals surface area contributed by atoms with Crippen LogP contribution in [0.15, 0.2) is 12.1 Å². The molecule has 2 fully saturated rings. The first-order chi connectivity index (χ1) is 11.5. The van der Waals surface area contributed by atoms with E-state index in [2.05, 4.69) is 10.2 Å². The Kier molecular flexibility index (Phi) is 7.19. The first-order valence-electron chi connectivity index (χ1n) is 8.31. The quantitative estimate of drug-likeness (QED) is 0.777. The Morgan fingerprint density at radius 2 is 2.12 bits per heavy atom. The molecule has 0 radical (unpaired) electrons. The Morgan fingerprint density at radius 3 is 2.84 bits per heavy atom. The predicted octanol–water partition coefficient (Wildman–Crippen LogP) is 1.96. The van der Waals surface area contributed by atoms with Gasteiger partial charge in [0, 0.05) is 31.7 Å². The third kappa shape index (κ3) is 5.14. The Labute approximate surface area is 159 Å². The van der Waals surface area contributed by atoms with Crippen molar-refractivity contribution >= 4 is 29.9 Å². The van der Waals surface area contributed by atoms with Crippen LogP contribution >= 0.6 is 24.0 Å². The Bertz CT molecular complexity index is 615. The topological polar surface area (TPSA) is 76.8 Å². The van der Waals surface area contributed by atoms with Gasteiger partial charge in [0.25, 0.3) is 5.91 Å². The largest absolute Gasteiger partial charge is 0.493 e. The molecule has 25 heavy (non-hydrogen) atoms. The fourth-order valence-electron chi connectivity index (χ4n) is 3.57. The van der Waals surface area contributed by atoms with E-state index in [0.29, 0.717) is 28.6 Å². The van der Waals surface area contributed by atoms with Crippen LogP contribution in [0.3, 0.4) is 0 Å². The zero-order chi connectivity index (χ0) is 17.1. The number of nitrogens with one attached hydrogen (secondary N) is 1. The minimum atomic E-state index is -0.552. The van der Waals surface area contributed by atoms with Gasteiger partial charge in [-0.05, 0) is 37.0 Å². The molecule has 1 aromatic rings. The zero-order valence-electron chi connectivity index (χ0n) is 14.3. The molecule has 2 unspecified atom stereocenters. The SMILES string of the molecule is COc1cc(CN2CCC3CCC(C2)N3)cc(Cl)c1OCC(N)=O.Cl. The molecule has 1 amide bonds. The average molecular weight is 390 g/mol. The number of amides is 1. The van der Waals surface area contributed by atoms with Gasteiger partial charge in [0.2, 0.25) is 0 Å². The highest BCUT2D eigenvalue weighted by molar-refractivity contribution is 6.32. The third-order valence-electron chi connectivity index (χ3n) is 4.66. The van der Waals surface area contributed by atoms with Gasteiger partial charge in [0.15, 0.2) is 18.1 Å². The van der Waals surface area contributed by atoms with Crippen molar-refractivity contribution in [2.75, 3.05) is 26.8 Å². The molecule has 0 spiro atoms. The highest BCUT2D eigenvalue weighted by Crippen LogP contribution is 2.37. The van der Waals surface area contributed by atoms with E-state index in [1.54, 1.807) is 7.11 Å². The number of carbonyl (C=O) groups is 1. The summed E-state index contributed by atoms with van der Waals surface area (Å²) in [6, 6.07) is 5.05. The van der Waals surface area contributed by atoms with Gasteiger partial charge in [-0.15, -0.1) is 12.4 Å². The number of benzene rings is 1. The van der Waals surface area contributed by atoms with E-state index in [-0.39, 0.29) is 19.0 Å². The van der Waals surface area contributed by atoms with Crippen molar-refractivity contribution in [1.29, 1.82) is 0 Å². The van der Waals surface area contributed by atoms with Crippen molar-refractivity contribution in [3.8, 4) is 11.5 Å². The molecule has 0 saturated carbocycles. The standard InChI is InChI=1S/C17H24ClN3O3.ClH/c1-23-15-7-11(6-14(18)17(15)24-10-16(19)22)8-21-5-4-12-2-3-13(9-21)20-12;/h6-7,12-13,20H,2-5,8-10H2,1H3,(H2,19,22);1H. The van der Waals surface area contributed by atoms with E-state index >= 15 is 0 Å². The number of halogens is 2. The summed E-state index contributed by atoms with van der Waals surface area (Å²) in [6.07, 6.45) is 3.73. The van der Waals surface area contributed by atoms with Gasteiger partial charge in [0.1, 0.15) is 0 Å². The van der Waals surface area contributed by atoms with Crippen molar-refractivity contribution in [3.05, 3.63) is 22.7 Å². The highest BCUT2D eigenvalue weighted by atomic mass is 35.5. The number of methoxy groups -OCH3 is 1. The number of fused-ring (bicyclic) bond motifs is 2. The van der Waals surface area contributed by atoms with Crippen molar-refractivity contribution in [2.45, 2.75) is 37.9 Å². The van der Waals surface area contributed by atoms with Crippen LogP contribution in [0.5, 0.6) is 11.5 Å². The molecule has 140 valence electrons. The van der Waals surface area contributed by atoms with Crippen molar-refractivity contribution < 1.29 is 14.3 Å². The van der Waals surface area contributed by atoms with E-state index in [1.165, 1.54) is 19.3 Å². The minimum absolute atomic E-state index is 0. The molecule has 3 rings (SSSR count). The van der Waals surface area contributed by atoms with E-state index in [4.69, 9.17) is 26.8 Å². The molecule has 2 aliphatic heterocycles. The van der Waals surface area contributed by atoms with Gasteiger partial charge in [-0.2, -0.15) is 0 Å². The summed E-state index contributed by atoms with van der Waals surface area (Å²) >= 11 is 6.32. The second-order valence-corrected chi connectivity index (χ2v) is 6.93. The number of ether oxygens (including phenoxy) is 2. The second kappa shape index (κ2) is 8.94. The molecule has 2 heterocycles. The molecule has 1 aromatic carbocycles. The van der Waals surface area contributed by atoms with Crippen molar-refractivity contribution in [1.82, 2.24) is 10.2 Å². The minimum Gasteiger partial charge on any atom is -0.493 e. The van der Waals surface area contributed by atoms with Crippen molar-refractivity contribution in [3.63, 3.8) is 0 Å². The predicted molar refractivity (Wildman–Crippen MR) is 99.8 cm³/mol. The second-order valence-electron chi connectivity index (χ2n) is 6.53. The Morgan fingerprint density at radius 1 is 1.36 bits per heavy atom. The van der Waals surface area contributed by atoms with E-state index in [1.807, 2.05) is 12.1 Å². The summed E-state index contributed by atoms with van der Waals surface area (Å²) in [5, 5.41) is 4.11. The van der Waals surface area contributed by atoms with E-state index < -0.39 is 5.91 Å². The summed E-state index contributed by atoms with van der Waals surface area (Å²) in [5.74, 6) is 0.329. The maximum Gasteiger partial charge on any atom is 0.255 e. The Balaban J connectivity index is 0.00000225. The van der Waals surface area contributed by atoms with Crippen LogP contribution in [0, 0.1) is 0 Å². The van der Waals surface area contributed by atoms with Gasteiger partial charge in [-0.1, -0.05) is 11.6 Å². The van der Waals surface area contributed by atoms with E-state index in [0.717, 1.165) is 25.2 Å². The lowest BCUT2D eigenvalue weighted by Crippen LogP contribution is -2.34. The monoisotopic (exact) mass is 389 g/mol. The number of hydrogen-bond acceptors (Lipinski definition) is 5. The summed E-state index contributed by atoms with van der Waals surface area (Å²) in [5.41, 5.74) is 6.19. The summed E-state index contributed by atoms with van der Waals surface area (Å²) in [6.45, 7) is 2.72. The molecular weight excluding hydrogens is 365 g/mol. The van der Waals surface area contributed by atoms with Gasteiger partial charge in [-0.25, -0.2) is 0 Å². The number of primary amides is 1. The van der Waals surface area contributed by atoms with Crippen LogP contribution in [0.2, 0.25) is 5.02 Å². The maximum atomic E-state index is 10.9. The molecule has 2 aliphatic rings. The molecule has 0 aliphatic carbocycles. The lowest BCUT2D eigenvalue weighted by molar-refractivity contribution is -0.119. The highest BCUT2D eigenvalue weighted by Gasteiger charge is 2.29. The molecule has 2 saturated heterocycles. The summed E-state index contributed by atoms with van der Waals surface area (Å²) < 4.78 is 10.7. The number of carbonyl (C=O) groups excluding carboxylic acids is 1. The zero-order valence-corrected chi connectivity index (χ0v) is 15.9. The van der Waals surface area contributed by atoms with Gasteiger partial charge < -0.3 is 20.5 Å². The maximum absolute atomic E-state index is 10.9. The molecule has 0 aromatic heterocycles. The molecule has 6 nitrogen and oxygen atoms in total. The fourth-order valence-corrected chi connectivity index (χ4v) is 3.85. The lowest BCUT2D eigenvalue weighted by Gasteiger charge is -2.24. The van der Waals surface area contributed by atoms with Crippen molar-refractivity contribution in [2.24, 2.45) is 5.73 Å². The normalized spacial score (nSPS) is 22.8. The number of hydrogen-bond donors (Lipinski definition) is 2. The molecular formula is C17H25Cl2N3O3. The van der Waals surface area contributed by atoms with Crippen LogP contribution in [-0.4, -0.2) is 49.7 Å². The number of nitrogens with two attached hydrogens (primary N) is 1. The van der Waals surface area contributed by atoms with Gasteiger partial charge in [-0.3, -0.25) is 9.69 Å². The van der Waals surface area contributed by atoms with Gasteiger partial charge >= 0.3 is 0 Å². The average Bonchev–Trinajstić information content (AvgIpc) is 2.87. The number of likely N-dealkylation sites (tertiary alicyclic amines) is 1. The Hall–Kier alpha value is -1.21. The summed E-state index contributed by atoms with van der Waals surface area (Å²) in [4.78, 5) is 13.4. The molecule has 2 bridgehead atoms. The van der Waals surface area contributed by atoms with Crippen LogP contribution in [0.25, 0.3) is 0 Å². The number of nitrogens with zero attached hydrogens (tertiary/aromatic N) is 1. The van der Waals surface area contributed by atoms with Crippen LogP contribution < -0.4 is 20.5 Å². The smallest absolute Gasteiger partial charge is 0.255 e. The molecule has 2 atom stereocenters. The molecule has 8 heteroatoms. The van der Waals surface area contributed by atoms with Crippen LogP contribution in [0.1, 0.15) is 24.8 Å². The van der Waals surface area contributed by atoms with Gasteiger partial charge in [0.05, 0.1) is 12.1 Å². The third-order valence-corrected chi connectivity index (χ3v) is 4.94. The first kappa shape index (κ1) is 20.1. The first-order valence-corrected chi connectivity index (χ1v) is 8.69. The fraction of sp³-hybridized carbons (Fsp3) is 0.588. The molecule has 3 N–H and O–H groups in total. The van der Waals surface area contributed by atoms with E-state index in [9.17, 15) is 4.79 Å². The van der Waals surface area contributed by atoms with Crippen LogP contribution in [-0.2, 0) is 11.3 Å². The summed E-state index contributed by atoms with van der Waals surface area (Å²) in [7, 11) is 1.56.